The van der Waals surface area contributed by atoms with Crippen molar-refractivity contribution in [1.82, 2.24) is 9.97 Å². The fourth-order valence-corrected chi connectivity index (χ4v) is 2.68. The number of rotatable bonds is 5. The molecule has 5 heteroatoms. The van der Waals surface area contributed by atoms with Crippen molar-refractivity contribution >= 4 is 23.2 Å². The topological polar surface area (TPSA) is 66.9 Å². The van der Waals surface area contributed by atoms with Gasteiger partial charge in [-0.2, -0.15) is 0 Å². The lowest BCUT2D eigenvalue weighted by atomic mass is 10.0. The Bertz CT molecular complexity index is 921. The van der Waals surface area contributed by atoms with Crippen LogP contribution in [-0.2, 0) is 0 Å². The number of carbonyl (C=O) groups is 1. The van der Waals surface area contributed by atoms with E-state index in [0.717, 1.165) is 16.9 Å². The number of hydrogen-bond donors (Lipinski definition) is 2. The second kappa shape index (κ2) is 7.78. The minimum absolute atomic E-state index is 0.262. The zero-order valence-corrected chi connectivity index (χ0v) is 15.2. The van der Waals surface area contributed by atoms with Crippen LogP contribution in [0.4, 0.5) is 17.3 Å². The molecule has 2 aromatic carbocycles. The standard InChI is InChI=1S/C21H22N4O/c1-14(2)16-9-5-7-11-18(16)24-21-22-13-12-19(25-21)20(26)23-17-10-6-4-8-15(17)3/h4-14H,1-3H3,(H,23,26)(H,22,24,25). The predicted octanol–water partition coefficient (Wildman–Crippen LogP) is 4.90. The Kier molecular flexibility index (Phi) is 5.27. The molecule has 3 aromatic rings. The van der Waals surface area contributed by atoms with Gasteiger partial charge in [0.2, 0.25) is 5.95 Å². The first kappa shape index (κ1) is 17.6. The second-order valence-corrected chi connectivity index (χ2v) is 6.40. The molecule has 0 spiro atoms. The number of hydrogen-bond acceptors (Lipinski definition) is 4. The Morgan fingerprint density at radius 1 is 0.962 bits per heavy atom. The lowest BCUT2D eigenvalue weighted by Crippen LogP contribution is -2.15. The number of nitrogens with one attached hydrogen (secondary N) is 2. The Hall–Kier alpha value is -3.21. The van der Waals surface area contributed by atoms with Crippen LogP contribution in [0.1, 0.15) is 41.4 Å². The van der Waals surface area contributed by atoms with Crippen molar-refractivity contribution in [2.24, 2.45) is 0 Å². The van der Waals surface area contributed by atoms with Crippen LogP contribution in [0.25, 0.3) is 0 Å². The van der Waals surface area contributed by atoms with E-state index in [1.807, 2.05) is 49.4 Å². The van der Waals surface area contributed by atoms with Crippen LogP contribution in [0.3, 0.4) is 0 Å². The maximum absolute atomic E-state index is 12.5. The minimum atomic E-state index is -0.262. The predicted molar refractivity (Wildman–Crippen MR) is 105 cm³/mol. The number of benzene rings is 2. The van der Waals surface area contributed by atoms with Gasteiger partial charge in [-0.25, -0.2) is 9.97 Å². The maximum Gasteiger partial charge on any atom is 0.274 e. The fraction of sp³-hybridized carbons (Fsp3) is 0.190. The molecule has 0 saturated carbocycles. The molecule has 0 atom stereocenters. The minimum Gasteiger partial charge on any atom is -0.324 e. The molecule has 0 radical (unpaired) electrons. The third kappa shape index (κ3) is 4.06. The van der Waals surface area contributed by atoms with Crippen LogP contribution < -0.4 is 10.6 Å². The van der Waals surface area contributed by atoms with Crippen molar-refractivity contribution in [2.45, 2.75) is 26.7 Å². The first-order valence-electron chi connectivity index (χ1n) is 8.60. The third-order valence-corrected chi connectivity index (χ3v) is 4.11. The van der Waals surface area contributed by atoms with Gasteiger partial charge >= 0.3 is 0 Å². The summed E-state index contributed by atoms with van der Waals surface area (Å²) in [5, 5.41) is 6.11. The summed E-state index contributed by atoms with van der Waals surface area (Å²) in [6.45, 7) is 6.21. The van der Waals surface area contributed by atoms with Gasteiger partial charge in [0.05, 0.1) is 0 Å². The van der Waals surface area contributed by atoms with Gasteiger partial charge in [-0.3, -0.25) is 4.79 Å². The zero-order chi connectivity index (χ0) is 18.5. The summed E-state index contributed by atoms with van der Waals surface area (Å²) in [5.41, 5.74) is 4.20. The van der Waals surface area contributed by atoms with E-state index in [1.165, 1.54) is 5.56 Å². The first-order valence-corrected chi connectivity index (χ1v) is 8.60. The first-order chi connectivity index (χ1) is 12.5. The van der Waals surface area contributed by atoms with Crippen LogP contribution in [0.2, 0.25) is 0 Å². The molecule has 2 N–H and O–H groups in total. The van der Waals surface area contributed by atoms with E-state index >= 15 is 0 Å². The quantitative estimate of drug-likeness (QED) is 0.689. The molecule has 1 heterocycles. The van der Waals surface area contributed by atoms with Gasteiger partial charge in [-0.1, -0.05) is 50.2 Å². The number of nitrogens with zero attached hydrogens (tertiary/aromatic N) is 2. The second-order valence-electron chi connectivity index (χ2n) is 6.40. The van der Waals surface area contributed by atoms with E-state index in [0.29, 0.717) is 17.6 Å². The van der Waals surface area contributed by atoms with Crippen molar-refractivity contribution in [2.75, 3.05) is 10.6 Å². The van der Waals surface area contributed by atoms with Gasteiger partial charge in [0.1, 0.15) is 5.69 Å². The Morgan fingerprint density at radius 3 is 2.38 bits per heavy atom. The zero-order valence-electron chi connectivity index (χ0n) is 15.2. The molecule has 1 aromatic heterocycles. The lowest BCUT2D eigenvalue weighted by Gasteiger charge is -2.14. The van der Waals surface area contributed by atoms with E-state index in [2.05, 4.69) is 40.5 Å². The van der Waals surface area contributed by atoms with Gasteiger partial charge in [0.15, 0.2) is 0 Å². The van der Waals surface area contributed by atoms with Crippen molar-refractivity contribution in [3.05, 3.63) is 77.6 Å². The highest BCUT2D eigenvalue weighted by atomic mass is 16.1. The summed E-state index contributed by atoms with van der Waals surface area (Å²) >= 11 is 0. The number of carbonyl (C=O) groups excluding carboxylic acids is 1. The fourth-order valence-electron chi connectivity index (χ4n) is 2.68. The number of aryl methyl sites for hydroxylation is 1. The number of para-hydroxylation sites is 2. The van der Waals surface area contributed by atoms with E-state index in [1.54, 1.807) is 12.3 Å². The van der Waals surface area contributed by atoms with Gasteiger partial charge in [-0.05, 0) is 42.2 Å². The molecule has 0 unspecified atom stereocenters. The van der Waals surface area contributed by atoms with Gasteiger partial charge < -0.3 is 10.6 Å². The average Bonchev–Trinajstić information content (AvgIpc) is 2.64. The molecule has 0 aliphatic carbocycles. The Morgan fingerprint density at radius 2 is 1.65 bits per heavy atom. The van der Waals surface area contributed by atoms with Gasteiger partial charge in [0.25, 0.3) is 5.91 Å². The summed E-state index contributed by atoms with van der Waals surface area (Å²) in [6, 6.07) is 17.3. The maximum atomic E-state index is 12.5. The van der Waals surface area contributed by atoms with Crippen LogP contribution >= 0.6 is 0 Å². The monoisotopic (exact) mass is 346 g/mol. The summed E-state index contributed by atoms with van der Waals surface area (Å²) in [4.78, 5) is 21.1. The largest absolute Gasteiger partial charge is 0.324 e. The SMILES string of the molecule is Cc1ccccc1NC(=O)c1ccnc(Nc2ccccc2C(C)C)n1. The highest BCUT2D eigenvalue weighted by molar-refractivity contribution is 6.03. The Balaban J connectivity index is 1.81. The molecule has 0 bridgehead atoms. The van der Waals surface area contributed by atoms with Crippen molar-refractivity contribution in [3.8, 4) is 0 Å². The molecule has 3 rings (SSSR count). The van der Waals surface area contributed by atoms with Crippen molar-refractivity contribution in [1.29, 1.82) is 0 Å². The molecule has 0 aliphatic heterocycles. The van der Waals surface area contributed by atoms with Gasteiger partial charge in [-0.15, -0.1) is 0 Å². The van der Waals surface area contributed by atoms with Crippen LogP contribution in [0.15, 0.2) is 60.8 Å². The lowest BCUT2D eigenvalue weighted by molar-refractivity contribution is 0.102. The number of aromatic nitrogens is 2. The number of amides is 1. The normalized spacial score (nSPS) is 10.6. The summed E-state index contributed by atoms with van der Waals surface area (Å²) in [7, 11) is 0. The van der Waals surface area contributed by atoms with Crippen LogP contribution in [-0.4, -0.2) is 15.9 Å². The third-order valence-electron chi connectivity index (χ3n) is 4.11. The highest BCUT2D eigenvalue weighted by Crippen LogP contribution is 2.25. The summed E-state index contributed by atoms with van der Waals surface area (Å²) in [5.74, 6) is 0.503. The molecular weight excluding hydrogens is 324 g/mol. The molecule has 132 valence electrons. The molecule has 5 nitrogen and oxygen atoms in total. The van der Waals surface area contributed by atoms with Crippen LogP contribution in [0.5, 0.6) is 0 Å². The van der Waals surface area contributed by atoms with E-state index < -0.39 is 0 Å². The highest BCUT2D eigenvalue weighted by Gasteiger charge is 2.12. The number of anilines is 3. The summed E-state index contributed by atoms with van der Waals surface area (Å²) in [6.07, 6.45) is 1.58. The molecule has 0 saturated heterocycles. The van der Waals surface area contributed by atoms with Crippen molar-refractivity contribution in [3.63, 3.8) is 0 Å². The van der Waals surface area contributed by atoms with Crippen molar-refractivity contribution < 1.29 is 4.79 Å². The molecule has 26 heavy (non-hydrogen) atoms. The smallest absolute Gasteiger partial charge is 0.274 e. The van der Waals surface area contributed by atoms with E-state index in [4.69, 9.17) is 0 Å². The molecular formula is C21H22N4O. The molecule has 1 amide bonds. The molecule has 0 fully saturated rings. The Labute approximate surface area is 153 Å². The summed E-state index contributed by atoms with van der Waals surface area (Å²) < 4.78 is 0. The van der Waals surface area contributed by atoms with E-state index in [9.17, 15) is 4.79 Å². The average molecular weight is 346 g/mol. The van der Waals surface area contributed by atoms with Gasteiger partial charge in [0, 0.05) is 17.6 Å². The molecule has 0 aliphatic rings. The van der Waals surface area contributed by atoms with E-state index in [-0.39, 0.29) is 5.91 Å². The van der Waals surface area contributed by atoms with Crippen LogP contribution in [0, 0.1) is 6.92 Å².